The van der Waals surface area contributed by atoms with Crippen LogP contribution in [-0.4, -0.2) is 44.4 Å². The number of nitrogens with zero attached hydrogens (tertiary/aromatic N) is 1. The molecule has 2 N–H and O–H groups in total. The van der Waals surface area contributed by atoms with Crippen LogP contribution in [0.3, 0.4) is 0 Å². The lowest BCUT2D eigenvalue weighted by atomic mass is 10.0. The molecule has 2 aliphatic rings. The lowest BCUT2D eigenvalue weighted by molar-refractivity contribution is 0.272. The molecule has 2 heterocycles. The van der Waals surface area contributed by atoms with Crippen molar-refractivity contribution in [3.8, 4) is 0 Å². The molecule has 2 aliphatic heterocycles. The lowest BCUT2D eigenvalue weighted by Gasteiger charge is -2.34. The highest BCUT2D eigenvalue weighted by Gasteiger charge is 2.30. The van der Waals surface area contributed by atoms with Gasteiger partial charge in [0.05, 0.1) is 0 Å². The highest BCUT2D eigenvalue weighted by Crippen LogP contribution is 2.19. The Hall–Kier alpha value is -0.170. The number of hydrogen-bond donors (Lipinski definition) is 2. The molecule has 0 aliphatic carbocycles. The van der Waals surface area contributed by atoms with Gasteiger partial charge in [0.25, 0.3) is 10.2 Å². The summed E-state index contributed by atoms with van der Waals surface area (Å²) < 4.78 is 29.1. The molecule has 0 aromatic heterocycles. The van der Waals surface area contributed by atoms with Gasteiger partial charge in [-0.15, -0.1) is 0 Å². The average Bonchev–Trinajstić information content (AvgIpc) is 2.28. The first-order valence-electron chi connectivity index (χ1n) is 6.98. The first kappa shape index (κ1) is 14.2. The van der Waals surface area contributed by atoms with Crippen LogP contribution in [0.1, 0.15) is 39.5 Å². The molecule has 0 spiro atoms. The summed E-state index contributed by atoms with van der Waals surface area (Å²) in [5, 5.41) is 3.34. The Morgan fingerprint density at radius 2 is 2.06 bits per heavy atom. The van der Waals surface area contributed by atoms with Gasteiger partial charge < -0.3 is 5.32 Å². The average molecular weight is 275 g/mol. The summed E-state index contributed by atoms with van der Waals surface area (Å²) in [4.78, 5) is 0. The third kappa shape index (κ3) is 3.66. The topological polar surface area (TPSA) is 61.4 Å². The summed E-state index contributed by atoms with van der Waals surface area (Å²) in [7, 11) is -3.28. The summed E-state index contributed by atoms with van der Waals surface area (Å²) >= 11 is 0. The SMILES string of the molecule is CC1CCCN(S(=O)(=O)NC2CCNC(C)C2)C1. The fourth-order valence-corrected chi connectivity index (χ4v) is 4.49. The second-order valence-electron chi connectivity index (χ2n) is 5.80. The van der Waals surface area contributed by atoms with Crippen LogP contribution in [0.5, 0.6) is 0 Å². The molecule has 2 fully saturated rings. The van der Waals surface area contributed by atoms with Crippen LogP contribution in [0.25, 0.3) is 0 Å². The van der Waals surface area contributed by atoms with Crippen LogP contribution in [0.4, 0.5) is 0 Å². The van der Waals surface area contributed by atoms with Gasteiger partial charge in [-0.05, 0) is 45.1 Å². The molecule has 3 unspecified atom stereocenters. The normalized spacial score (nSPS) is 35.6. The summed E-state index contributed by atoms with van der Waals surface area (Å²) in [6.07, 6.45) is 3.87. The Morgan fingerprint density at radius 3 is 2.72 bits per heavy atom. The molecular weight excluding hydrogens is 250 g/mol. The van der Waals surface area contributed by atoms with Gasteiger partial charge in [-0.3, -0.25) is 0 Å². The van der Waals surface area contributed by atoms with E-state index in [1.54, 1.807) is 4.31 Å². The lowest BCUT2D eigenvalue weighted by Crippen LogP contribution is -2.52. The zero-order valence-electron chi connectivity index (χ0n) is 11.4. The van der Waals surface area contributed by atoms with Crippen molar-refractivity contribution in [1.29, 1.82) is 0 Å². The first-order valence-corrected chi connectivity index (χ1v) is 8.42. The third-order valence-electron chi connectivity index (χ3n) is 3.90. The third-order valence-corrected chi connectivity index (χ3v) is 5.54. The van der Waals surface area contributed by atoms with Gasteiger partial charge in [-0.25, -0.2) is 0 Å². The highest BCUT2D eigenvalue weighted by atomic mass is 32.2. The van der Waals surface area contributed by atoms with Gasteiger partial charge in [0, 0.05) is 25.2 Å². The van der Waals surface area contributed by atoms with Crippen LogP contribution in [0.2, 0.25) is 0 Å². The van der Waals surface area contributed by atoms with E-state index in [1.165, 1.54) is 0 Å². The predicted molar refractivity (Wildman–Crippen MR) is 72.5 cm³/mol. The van der Waals surface area contributed by atoms with E-state index >= 15 is 0 Å². The van der Waals surface area contributed by atoms with Crippen LogP contribution >= 0.6 is 0 Å². The minimum atomic E-state index is -3.28. The van der Waals surface area contributed by atoms with Gasteiger partial charge in [0.15, 0.2) is 0 Å². The number of rotatable bonds is 3. The first-order chi connectivity index (χ1) is 8.47. The Kier molecular flexibility index (Phi) is 4.64. The molecule has 0 amide bonds. The second-order valence-corrected chi connectivity index (χ2v) is 7.51. The molecule has 0 aromatic rings. The van der Waals surface area contributed by atoms with Gasteiger partial charge >= 0.3 is 0 Å². The van der Waals surface area contributed by atoms with Crippen molar-refractivity contribution in [3.63, 3.8) is 0 Å². The van der Waals surface area contributed by atoms with E-state index in [0.717, 1.165) is 32.2 Å². The number of hydrogen-bond acceptors (Lipinski definition) is 3. The molecule has 18 heavy (non-hydrogen) atoms. The molecule has 0 radical (unpaired) electrons. The molecule has 3 atom stereocenters. The summed E-state index contributed by atoms with van der Waals surface area (Å²) in [5.41, 5.74) is 0. The van der Waals surface area contributed by atoms with Gasteiger partial charge in [0.2, 0.25) is 0 Å². The molecule has 6 heteroatoms. The molecular formula is C12H25N3O2S. The predicted octanol–water partition coefficient (Wildman–Crippen LogP) is 0.693. The maximum absolute atomic E-state index is 12.3. The minimum absolute atomic E-state index is 0.0866. The second kappa shape index (κ2) is 5.86. The van der Waals surface area contributed by atoms with E-state index in [2.05, 4.69) is 23.9 Å². The van der Waals surface area contributed by atoms with Gasteiger partial charge in [-0.2, -0.15) is 17.4 Å². The quantitative estimate of drug-likeness (QED) is 0.797. The van der Waals surface area contributed by atoms with Crippen LogP contribution < -0.4 is 10.0 Å². The van der Waals surface area contributed by atoms with Crippen molar-refractivity contribution in [2.75, 3.05) is 19.6 Å². The fraction of sp³-hybridized carbons (Fsp3) is 1.00. The maximum atomic E-state index is 12.3. The van der Waals surface area contributed by atoms with E-state index in [1.807, 2.05) is 0 Å². The molecule has 0 bridgehead atoms. The standard InChI is InChI=1S/C12H25N3O2S/c1-10-4-3-7-15(9-10)18(16,17)14-12-5-6-13-11(2)8-12/h10-14H,3-9H2,1-2H3. The number of piperidine rings is 2. The Bertz CT molecular complexity index is 372. The number of nitrogens with one attached hydrogen (secondary N) is 2. The summed E-state index contributed by atoms with van der Waals surface area (Å²) in [5.74, 6) is 0.474. The van der Waals surface area contributed by atoms with Crippen molar-refractivity contribution in [1.82, 2.24) is 14.3 Å². The summed E-state index contributed by atoms with van der Waals surface area (Å²) in [6.45, 7) is 6.44. The van der Waals surface area contributed by atoms with Crippen molar-refractivity contribution in [2.45, 2.75) is 51.6 Å². The van der Waals surface area contributed by atoms with E-state index < -0.39 is 10.2 Å². The Labute approximate surface area is 110 Å². The molecule has 2 saturated heterocycles. The minimum Gasteiger partial charge on any atom is -0.314 e. The van der Waals surface area contributed by atoms with E-state index in [4.69, 9.17) is 0 Å². The monoisotopic (exact) mass is 275 g/mol. The smallest absolute Gasteiger partial charge is 0.279 e. The Balaban J connectivity index is 1.93. The van der Waals surface area contributed by atoms with E-state index in [9.17, 15) is 8.42 Å². The van der Waals surface area contributed by atoms with E-state index in [0.29, 0.717) is 25.0 Å². The fourth-order valence-electron chi connectivity index (χ4n) is 2.89. The van der Waals surface area contributed by atoms with Crippen LogP contribution in [-0.2, 0) is 10.2 Å². The maximum Gasteiger partial charge on any atom is 0.279 e. The molecule has 106 valence electrons. The van der Waals surface area contributed by atoms with Gasteiger partial charge in [-0.1, -0.05) is 6.92 Å². The Morgan fingerprint density at radius 1 is 1.28 bits per heavy atom. The zero-order valence-corrected chi connectivity index (χ0v) is 12.2. The highest BCUT2D eigenvalue weighted by molar-refractivity contribution is 7.87. The van der Waals surface area contributed by atoms with Gasteiger partial charge in [0.1, 0.15) is 0 Å². The van der Waals surface area contributed by atoms with Crippen molar-refractivity contribution in [2.24, 2.45) is 5.92 Å². The zero-order chi connectivity index (χ0) is 13.2. The van der Waals surface area contributed by atoms with Crippen LogP contribution in [0.15, 0.2) is 0 Å². The summed E-state index contributed by atoms with van der Waals surface area (Å²) in [6, 6.07) is 0.482. The molecule has 0 aromatic carbocycles. The molecule has 2 rings (SSSR count). The molecule has 0 saturated carbocycles. The largest absolute Gasteiger partial charge is 0.314 e. The van der Waals surface area contributed by atoms with Crippen LogP contribution in [0, 0.1) is 5.92 Å². The van der Waals surface area contributed by atoms with E-state index in [-0.39, 0.29) is 6.04 Å². The van der Waals surface area contributed by atoms with Crippen molar-refractivity contribution < 1.29 is 8.42 Å². The van der Waals surface area contributed by atoms with Crippen molar-refractivity contribution in [3.05, 3.63) is 0 Å². The molecule has 5 nitrogen and oxygen atoms in total. The van der Waals surface area contributed by atoms with Crippen molar-refractivity contribution >= 4 is 10.2 Å².